The van der Waals surface area contributed by atoms with Crippen LogP contribution in [0.1, 0.15) is 24.1 Å². The van der Waals surface area contributed by atoms with Gasteiger partial charge >= 0.3 is 0 Å². The van der Waals surface area contributed by atoms with E-state index < -0.39 is 0 Å². The molecule has 0 unspecified atom stereocenters. The van der Waals surface area contributed by atoms with Crippen LogP contribution >= 0.6 is 0 Å². The maximum Gasteiger partial charge on any atom is 0.261 e. The minimum Gasteiger partial charge on any atom is -0.464 e. The van der Waals surface area contributed by atoms with Gasteiger partial charge in [-0.3, -0.25) is 9.36 Å². The molecule has 4 aromatic rings. The summed E-state index contributed by atoms with van der Waals surface area (Å²) in [5.74, 6) is 0.573. The average molecular weight is 333 g/mol. The predicted octanol–water partition coefficient (Wildman–Crippen LogP) is 3.67. The molecular weight excluding hydrogens is 314 g/mol. The van der Waals surface area contributed by atoms with Gasteiger partial charge in [0.1, 0.15) is 11.4 Å². The van der Waals surface area contributed by atoms with E-state index >= 15 is 0 Å². The molecule has 0 aliphatic carbocycles. The Morgan fingerprint density at radius 2 is 2.04 bits per heavy atom. The van der Waals surface area contributed by atoms with Crippen molar-refractivity contribution in [3.8, 4) is 11.4 Å². The largest absolute Gasteiger partial charge is 0.464 e. The second-order valence-electron chi connectivity index (χ2n) is 6.48. The molecule has 0 fully saturated rings. The molecule has 0 saturated carbocycles. The lowest BCUT2D eigenvalue weighted by Gasteiger charge is -2.14. The standard InChI is InChI=1S/C20H19N3O2/c1-11-9-15(12(2)21)17-16(10-11)20(24)23(3)19(22-17)14-6-4-5-13-7-8-25-18(13)14/h4-10,12H,21H2,1-3H3/t12-/m1/s1. The highest BCUT2D eigenvalue weighted by Crippen LogP contribution is 2.29. The number of hydrogen-bond acceptors (Lipinski definition) is 4. The molecule has 0 saturated heterocycles. The lowest BCUT2D eigenvalue weighted by Crippen LogP contribution is -2.22. The highest BCUT2D eigenvalue weighted by atomic mass is 16.3. The summed E-state index contributed by atoms with van der Waals surface area (Å²) in [7, 11) is 1.74. The van der Waals surface area contributed by atoms with E-state index in [0.29, 0.717) is 16.7 Å². The highest BCUT2D eigenvalue weighted by molar-refractivity contribution is 5.92. The number of nitrogens with two attached hydrogens (primary N) is 1. The molecular formula is C20H19N3O2. The van der Waals surface area contributed by atoms with E-state index in [1.165, 1.54) is 0 Å². The molecule has 2 N–H and O–H groups in total. The van der Waals surface area contributed by atoms with E-state index in [2.05, 4.69) is 0 Å². The first-order valence-corrected chi connectivity index (χ1v) is 8.21. The van der Waals surface area contributed by atoms with Crippen LogP contribution in [0.15, 0.2) is 51.9 Å². The maximum atomic E-state index is 13.0. The number of nitrogens with zero attached hydrogens (tertiary/aromatic N) is 2. The fourth-order valence-corrected chi connectivity index (χ4v) is 3.31. The number of rotatable bonds is 2. The summed E-state index contributed by atoms with van der Waals surface area (Å²) in [6, 6.07) is 11.4. The Bertz CT molecular complexity index is 1170. The lowest BCUT2D eigenvalue weighted by molar-refractivity contribution is 0.616. The monoisotopic (exact) mass is 333 g/mol. The summed E-state index contributed by atoms with van der Waals surface area (Å²) >= 11 is 0. The van der Waals surface area contributed by atoms with Crippen LogP contribution in [0.5, 0.6) is 0 Å². The van der Waals surface area contributed by atoms with Crippen LogP contribution in [0.3, 0.4) is 0 Å². The molecule has 4 rings (SSSR count). The van der Waals surface area contributed by atoms with Gasteiger partial charge in [0.05, 0.1) is 22.7 Å². The SMILES string of the molecule is Cc1cc([C@@H](C)N)c2nc(-c3cccc4ccoc34)n(C)c(=O)c2c1. The Kier molecular flexibility index (Phi) is 3.47. The first kappa shape index (κ1) is 15.6. The van der Waals surface area contributed by atoms with Crippen LogP contribution in [-0.2, 0) is 7.05 Å². The molecule has 0 amide bonds. The van der Waals surface area contributed by atoms with Crippen molar-refractivity contribution in [1.29, 1.82) is 0 Å². The first-order valence-electron chi connectivity index (χ1n) is 8.21. The fourth-order valence-electron chi connectivity index (χ4n) is 3.31. The topological polar surface area (TPSA) is 74.0 Å². The van der Waals surface area contributed by atoms with Crippen molar-refractivity contribution < 1.29 is 4.42 Å². The van der Waals surface area contributed by atoms with Gasteiger partial charge in [-0.25, -0.2) is 4.98 Å². The zero-order valence-electron chi connectivity index (χ0n) is 14.4. The molecule has 2 aromatic heterocycles. The smallest absolute Gasteiger partial charge is 0.261 e. The van der Waals surface area contributed by atoms with Gasteiger partial charge < -0.3 is 10.2 Å². The third kappa shape index (κ3) is 2.36. The van der Waals surface area contributed by atoms with Crippen molar-refractivity contribution in [3.63, 3.8) is 0 Å². The Morgan fingerprint density at radius 1 is 1.24 bits per heavy atom. The summed E-state index contributed by atoms with van der Waals surface area (Å²) < 4.78 is 7.20. The number of furan rings is 1. The number of para-hydroxylation sites is 1. The van der Waals surface area contributed by atoms with Crippen LogP contribution in [0.2, 0.25) is 0 Å². The van der Waals surface area contributed by atoms with Gasteiger partial charge in [0, 0.05) is 18.5 Å². The van der Waals surface area contributed by atoms with Crippen molar-refractivity contribution in [2.24, 2.45) is 12.8 Å². The molecule has 126 valence electrons. The quantitative estimate of drug-likeness (QED) is 0.607. The maximum absolute atomic E-state index is 13.0. The number of fused-ring (bicyclic) bond motifs is 2. The average Bonchev–Trinajstić information content (AvgIpc) is 3.06. The molecule has 0 aliphatic heterocycles. The van der Waals surface area contributed by atoms with E-state index in [-0.39, 0.29) is 11.6 Å². The lowest BCUT2D eigenvalue weighted by atomic mass is 10.0. The van der Waals surface area contributed by atoms with E-state index in [4.69, 9.17) is 15.1 Å². The van der Waals surface area contributed by atoms with Crippen molar-refractivity contribution in [3.05, 3.63) is 64.1 Å². The summed E-state index contributed by atoms with van der Waals surface area (Å²) in [4.78, 5) is 17.8. The Balaban J connectivity index is 2.14. The minimum atomic E-state index is -0.214. The molecule has 2 heterocycles. The zero-order chi connectivity index (χ0) is 17.7. The van der Waals surface area contributed by atoms with Gasteiger partial charge in [-0.1, -0.05) is 18.2 Å². The molecule has 25 heavy (non-hydrogen) atoms. The first-order chi connectivity index (χ1) is 12.0. The summed E-state index contributed by atoms with van der Waals surface area (Å²) in [5.41, 5.74) is 10.1. The van der Waals surface area contributed by atoms with Crippen molar-refractivity contribution >= 4 is 21.9 Å². The van der Waals surface area contributed by atoms with Gasteiger partial charge in [-0.05, 0) is 43.2 Å². The molecule has 0 radical (unpaired) electrons. The second kappa shape index (κ2) is 5.57. The third-order valence-corrected chi connectivity index (χ3v) is 4.56. The summed E-state index contributed by atoms with van der Waals surface area (Å²) in [6.07, 6.45) is 1.64. The van der Waals surface area contributed by atoms with E-state index in [1.54, 1.807) is 17.9 Å². The highest BCUT2D eigenvalue weighted by Gasteiger charge is 2.17. The molecule has 0 bridgehead atoms. The van der Waals surface area contributed by atoms with Crippen molar-refractivity contribution in [1.82, 2.24) is 9.55 Å². The Hall–Kier alpha value is -2.92. The van der Waals surface area contributed by atoms with Crippen LogP contribution in [-0.4, -0.2) is 9.55 Å². The molecule has 1 atom stereocenters. The molecule has 5 heteroatoms. The number of aryl methyl sites for hydroxylation is 1. The molecule has 0 aliphatic rings. The molecule has 5 nitrogen and oxygen atoms in total. The Morgan fingerprint density at radius 3 is 2.80 bits per heavy atom. The Labute approximate surface area is 144 Å². The van der Waals surface area contributed by atoms with E-state index in [1.807, 2.05) is 50.2 Å². The molecule has 0 spiro atoms. The third-order valence-electron chi connectivity index (χ3n) is 4.56. The minimum absolute atomic E-state index is 0.0887. The van der Waals surface area contributed by atoms with Crippen LogP contribution in [0, 0.1) is 6.92 Å². The van der Waals surface area contributed by atoms with Crippen LogP contribution in [0.25, 0.3) is 33.3 Å². The van der Waals surface area contributed by atoms with Gasteiger partial charge in [0.2, 0.25) is 0 Å². The van der Waals surface area contributed by atoms with Crippen molar-refractivity contribution in [2.45, 2.75) is 19.9 Å². The summed E-state index contributed by atoms with van der Waals surface area (Å²) in [6.45, 7) is 3.86. The number of benzene rings is 2. The molecule has 2 aromatic carbocycles. The van der Waals surface area contributed by atoms with Gasteiger partial charge in [-0.2, -0.15) is 0 Å². The fraction of sp³-hybridized carbons (Fsp3) is 0.200. The predicted molar refractivity (Wildman–Crippen MR) is 99.5 cm³/mol. The van der Waals surface area contributed by atoms with Crippen LogP contribution in [0.4, 0.5) is 0 Å². The van der Waals surface area contributed by atoms with Gasteiger partial charge in [0.25, 0.3) is 5.56 Å². The zero-order valence-corrected chi connectivity index (χ0v) is 14.4. The number of hydrogen-bond donors (Lipinski definition) is 1. The second-order valence-corrected chi connectivity index (χ2v) is 6.48. The van der Waals surface area contributed by atoms with Gasteiger partial charge in [0.15, 0.2) is 0 Å². The van der Waals surface area contributed by atoms with Crippen LogP contribution < -0.4 is 11.3 Å². The van der Waals surface area contributed by atoms with Gasteiger partial charge in [-0.15, -0.1) is 0 Å². The van der Waals surface area contributed by atoms with E-state index in [9.17, 15) is 4.79 Å². The number of aromatic nitrogens is 2. The summed E-state index contributed by atoms with van der Waals surface area (Å²) in [5, 5.41) is 1.56. The van der Waals surface area contributed by atoms with E-state index in [0.717, 1.165) is 27.7 Å². The van der Waals surface area contributed by atoms with Crippen molar-refractivity contribution in [2.75, 3.05) is 0 Å². The normalized spacial score (nSPS) is 12.8.